The van der Waals surface area contributed by atoms with Gasteiger partial charge in [0.05, 0.1) is 22.3 Å². The number of carbonyl (C=O) groups excluding carboxylic acids is 5. The van der Waals surface area contributed by atoms with Gasteiger partial charge in [-0.25, -0.2) is 9.63 Å². The molecule has 45 heavy (non-hydrogen) atoms. The topological polar surface area (TPSA) is 229 Å². The fourth-order valence-corrected chi connectivity index (χ4v) is 3.59. The minimum atomic E-state index is -1.64. The highest BCUT2D eigenvalue weighted by molar-refractivity contribution is 6.68. The molecule has 1 unspecified atom stereocenters. The lowest BCUT2D eigenvalue weighted by Crippen LogP contribution is -2.30. The smallest absolute Gasteiger partial charge is 0.437 e. The molecule has 1 fully saturated rings. The Balaban J connectivity index is 0.000000587. The summed E-state index contributed by atoms with van der Waals surface area (Å²) in [7, 11) is 4.49. The van der Waals surface area contributed by atoms with E-state index < -0.39 is 40.3 Å². The molecule has 0 aliphatic carbocycles. The molecule has 0 saturated carbocycles. The van der Waals surface area contributed by atoms with Gasteiger partial charge in [0.2, 0.25) is 10.0 Å². The number of alkyl halides is 3. The van der Waals surface area contributed by atoms with E-state index in [0.717, 1.165) is 9.96 Å². The van der Waals surface area contributed by atoms with Crippen molar-refractivity contribution < 1.29 is 49.0 Å². The van der Waals surface area contributed by atoms with Crippen LogP contribution < -0.4 is 11.5 Å². The van der Waals surface area contributed by atoms with Crippen LogP contribution >= 0.6 is 34.8 Å². The highest BCUT2D eigenvalue weighted by atomic mass is 35.6. The lowest BCUT2D eigenvalue weighted by Gasteiger charge is -2.18. The fraction of sp³-hybridized carbons (Fsp3) is 0.370. The number of nitrogens with zero attached hydrogens (tertiary/aromatic N) is 3. The van der Waals surface area contributed by atoms with Crippen LogP contribution in [0.2, 0.25) is 0 Å². The van der Waals surface area contributed by atoms with Crippen molar-refractivity contribution in [3.05, 3.63) is 70.8 Å². The third kappa shape index (κ3) is 11.8. The first-order valence-electron chi connectivity index (χ1n) is 12.7. The number of hydrogen-bond donors (Lipinski definition) is 5. The van der Waals surface area contributed by atoms with Crippen molar-refractivity contribution >= 4 is 64.5 Å². The number of rotatable bonds is 0. The van der Waals surface area contributed by atoms with Gasteiger partial charge in [0.15, 0.2) is 0 Å². The number of aliphatic hydroxyl groups is 2. The Labute approximate surface area is 274 Å². The second-order valence-electron chi connectivity index (χ2n) is 9.13. The van der Waals surface area contributed by atoms with Crippen LogP contribution in [-0.4, -0.2) is 104 Å². The zero-order valence-corrected chi connectivity index (χ0v) is 27.5. The van der Waals surface area contributed by atoms with Crippen LogP contribution in [0, 0.1) is 0 Å². The summed E-state index contributed by atoms with van der Waals surface area (Å²) in [4.78, 5) is 61.9. The van der Waals surface area contributed by atoms with E-state index in [-0.39, 0.29) is 28.0 Å². The van der Waals surface area contributed by atoms with E-state index in [0.29, 0.717) is 11.1 Å². The highest BCUT2D eigenvalue weighted by Crippen LogP contribution is 2.43. The van der Waals surface area contributed by atoms with E-state index in [1.54, 1.807) is 57.2 Å². The standard InChI is InChI=1S/C9H7NO2.C8H5NO3.C7H10Cl3NO3.2CH5N.CH4O2/c1-10-8(11)6-4-2-3-5-7(6)9(10)12;10-7-5-3-1-2-4-6(5)8(11)9(7)12;1-6(2,3)13-5(12)11-4(14-11)7(8,9)10;2*1-2;2-1-3/h2-5H,1H3;1-4,12H;4H,1-3H3;2*2H2,1H3;2-3H,1H2. The lowest BCUT2D eigenvalue weighted by molar-refractivity contribution is -0.0327. The molecule has 250 valence electrons. The van der Waals surface area contributed by atoms with Gasteiger partial charge in [0, 0.05) is 7.05 Å². The molecular formula is C27H36Cl3N5O10. The number of nitrogens with two attached hydrogens (primary N) is 2. The molecule has 2 aromatic carbocycles. The van der Waals surface area contributed by atoms with Crippen LogP contribution in [0.4, 0.5) is 4.79 Å². The van der Waals surface area contributed by atoms with Crippen LogP contribution in [0.3, 0.4) is 0 Å². The number of benzene rings is 2. The number of carbonyl (C=O) groups is 5. The van der Waals surface area contributed by atoms with Gasteiger partial charge in [-0.1, -0.05) is 59.1 Å². The molecule has 7 N–H and O–H groups in total. The molecule has 15 nitrogen and oxygen atoms in total. The van der Waals surface area contributed by atoms with Crippen LogP contribution in [0.5, 0.6) is 0 Å². The number of imide groups is 2. The fourth-order valence-electron chi connectivity index (χ4n) is 3.20. The van der Waals surface area contributed by atoms with Crippen molar-refractivity contribution in [3.8, 4) is 0 Å². The molecule has 2 aromatic rings. The summed E-state index contributed by atoms with van der Waals surface area (Å²) >= 11 is 16.5. The van der Waals surface area contributed by atoms with Gasteiger partial charge < -0.3 is 26.4 Å². The second kappa shape index (κ2) is 18.6. The van der Waals surface area contributed by atoms with Crippen LogP contribution in [0.25, 0.3) is 0 Å². The molecule has 0 spiro atoms. The Bertz CT molecular complexity index is 1190. The molecule has 5 amide bonds. The zero-order chi connectivity index (χ0) is 35.3. The van der Waals surface area contributed by atoms with E-state index in [2.05, 4.69) is 11.5 Å². The van der Waals surface area contributed by atoms with Crippen LogP contribution in [-0.2, 0) is 9.57 Å². The Morgan fingerprint density at radius 1 is 0.800 bits per heavy atom. The SMILES string of the molecule is CC(C)(C)OC(=O)N1OC1C(Cl)(Cl)Cl.CN.CN.CN1C(=O)c2ccccc2C1=O.O=C1c2ccccc2C(=O)N1O.OCO. The first kappa shape index (κ1) is 41.6. The van der Waals surface area contributed by atoms with E-state index in [1.807, 2.05) is 0 Å². The van der Waals surface area contributed by atoms with Crippen molar-refractivity contribution in [1.29, 1.82) is 0 Å². The normalized spacial score (nSPS) is 15.7. The lowest BCUT2D eigenvalue weighted by atomic mass is 10.1. The number of ether oxygens (including phenoxy) is 1. The second-order valence-corrected chi connectivity index (χ2v) is 11.5. The molecule has 1 saturated heterocycles. The highest BCUT2D eigenvalue weighted by Gasteiger charge is 2.56. The van der Waals surface area contributed by atoms with Crippen molar-refractivity contribution in [2.75, 3.05) is 27.9 Å². The molecule has 3 heterocycles. The molecular weight excluding hydrogens is 661 g/mol. The van der Waals surface area contributed by atoms with Gasteiger partial charge >= 0.3 is 6.09 Å². The molecule has 5 rings (SSSR count). The summed E-state index contributed by atoms with van der Waals surface area (Å²) < 4.78 is 3.33. The molecule has 0 aromatic heterocycles. The summed E-state index contributed by atoms with van der Waals surface area (Å²) in [6, 6.07) is 13.1. The van der Waals surface area contributed by atoms with Crippen molar-refractivity contribution in [1.82, 2.24) is 15.0 Å². The molecule has 1 atom stereocenters. The first-order chi connectivity index (χ1) is 21.0. The Morgan fingerprint density at radius 2 is 1.11 bits per heavy atom. The molecule has 0 bridgehead atoms. The Kier molecular flexibility index (Phi) is 17.2. The van der Waals surface area contributed by atoms with Crippen LogP contribution in [0.1, 0.15) is 62.2 Å². The third-order valence-corrected chi connectivity index (χ3v) is 5.56. The summed E-state index contributed by atoms with van der Waals surface area (Å²) in [5.74, 6) is -1.74. The maximum atomic E-state index is 11.3. The van der Waals surface area contributed by atoms with E-state index >= 15 is 0 Å². The predicted molar refractivity (Wildman–Crippen MR) is 164 cm³/mol. The Hall–Kier alpha value is -3.38. The van der Waals surface area contributed by atoms with E-state index in [9.17, 15) is 24.0 Å². The van der Waals surface area contributed by atoms with Gasteiger partial charge in [-0.15, -0.1) is 10.1 Å². The minimum Gasteiger partial charge on any atom is -0.442 e. The first-order valence-corrected chi connectivity index (χ1v) is 13.8. The van der Waals surface area contributed by atoms with Gasteiger partial charge in [-0.3, -0.25) is 29.3 Å². The number of amides is 5. The summed E-state index contributed by atoms with van der Waals surface area (Å²) in [5, 5.41) is 24.2. The Morgan fingerprint density at radius 3 is 1.38 bits per heavy atom. The molecule has 18 heteroatoms. The quantitative estimate of drug-likeness (QED) is 0.0880. The number of hydroxylamine groups is 4. The molecule has 3 aliphatic heterocycles. The third-order valence-electron chi connectivity index (χ3n) is 5.00. The van der Waals surface area contributed by atoms with Crippen LogP contribution in [0.15, 0.2) is 48.5 Å². The summed E-state index contributed by atoms with van der Waals surface area (Å²) in [6.07, 6.45) is -1.52. The van der Waals surface area contributed by atoms with Crippen molar-refractivity contribution in [3.63, 3.8) is 0 Å². The monoisotopic (exact) mass is 695 g/mol. The van der Waals surface area contributed by atoms with Gasteiger partial charge in [0.25, 0.3) is 23.6 Å². The van der Waals surface area contributed by atoms with Gasteiger partial charge in [-0.05, 0) is 59.1 Å². The number of fused-ring (bicyclic) bond motifs is 2. The maximum Gasteiger partial charge on any atom is 0.437 e. The van der Waals surface area contributed by atoms with Crippen molar-refractivity contribution in [2.45, 2.75) is 36.4 Å². The summed E-state index contributed by atoms with van der Waals surface area (Å²) in [5.41, 5.74) is 9.92. The average molecular weight is 697 g/mol. The number of hydrogen-bond acceptors (Lipinski definition) is 12. The van der Waals surface area contributed by atoms with Gasteiger partial charge in [-0.2, -0.15) is 0 Å². The minimum absolute atomic E-state index is 0.130. The maximum absolute atomic E-state index is 11.3. The van der Waals surface area contributed by atoms with E-state index in [1.165, 1.54) is 33.3 Å². The van der Waals surface area contributed by atoms with Gasteiger partial charge in [0.1, 0.15) is 12.4 Å². The zero-order valence-electron chi connectivity index (χ0n) is 25.2. The average Bonchev–Trinajstić information content (AvgIpc) is 3.76. The predicted octanol–water partition coefficient (Wildman–Crippen LogP) is 2.53. The summed E-state index contributed by atoms with van der Waals surface area (Å²) in [6.45, 7) is 4.45. The molecule has 3 aliphatic rings. The molecule has 0 radical (unpaired) electrons. The number of halogens is 3. The van der Waals surface area contributed by atoms with E-state index in [4.69, 9.17) is 59.8 Å². The largest absolute Gasteiger partial charge is 0.442 e. The number of aliphatic hydroxyl groups excluding tert-OH is 1. The van der Waals surface area contributed by atoms with Crippen molar-refractivity contribution in [2.24, 2.45) is 11.5 Å².